The number of hydrogen-bond acceptors (Lipinski definition) is 3. The molecule has 0 saturated heterocycles. The van der Waals surface area contributed by atoms with Gasteiger partial charge >= 0.3 is 0 Å². The van der Waals surface area contributed by atoms with E-state index in [0.717, 1.165) is 22.2 Å². The minimum Gasteiger partial charge on any atom is -0.493 e. The van der Waals surface area contributed by atoms with Crippen molar-refractivity contribution in [2.24, 2.45) is 12.2 Å². The number of azide groups is 1. The van der Waals surface area contributed by atoms with Gasteiger partial charge in [0.1, 0.15) is 0 Å². The van der Waals surface area contributed by atoms with Crippen LogP contribution in [0.25, 0.3) is 21.3 Å². The summed E-state index contributed by atoms with van der Waals surface area (Å²) in [4.78, 5) is 2.77. The number of methoxy groups -OCH3 is 2. The molecule has 0 saturated carbocycles. The zero-order valence-corrected chi connectivity index (χ0v) is 11.3. The third-order valence-electron chi connectivity index (χ3n) is 3.11. The molecular formula is C13H16N4O2. The average Bonchev–Trinajstić information content (AvgIpc) is 2.75. The Morgan fingerprint density at radius 3 is 2.74 bits per heavy atom. The lowest BCUT2D eigenvalue weighted by atomic mass is 10.1. The van der Waals surface area contributed by atoms with Crippen LogP contribution in [-0.2, 0) is 13.5 Å². The van der Waals surface area contributed by atoms with E-state index >= 15 is 0 Å². The smallest absolute Gasteiger partial charge is 0.185 e. The fourth-order valence-electron chi connectivity index (χ4n) is 2.30. The van der Waals surface area contributed by atoms with E-state index in [-0.39, 0.29) is 0 Å². The summed E-state index contributed by atoms with van der Waals surface area (Å²) in [6, 6.07) is 3.89. The van der Waals surface area contributed by atoms with Gasteiger partial charge in [0.2, 0.25) is 0 Å². The maximum atomic E-state index is 8.33. The van der Waals surface area contributed by atoms with E-state index < -0.39 is 0 Å². The summed E-state index contributed by atoms with van der Waals surface area (Å²) in [7, 11) is 5.21. The van der Waals surface area contributed by atoms with E-state index in [2.05, 4.69) is 10.0 Å². The van der Waals surface area contributed by atoms with Crippen molar-refractivity contribution in [2.45, 2.75) is 6.42 Å². The first-order chi connectivity index (χ1) is 9.22. The fraction of sp³-hybridized carbons (Fsp3) is 0.385. The van der Waals surface area contributed by atoms with E-state index in [0.29, 0.717) is 18.7 Å². The van der Waals surface area contributed by atoms with Gasteiger partial charge in [-0.2, -0.15) is 0 Å². The van der Waals surface area contributed by atoms with Crippen LogP contribution in [0.15, 0.2) is 23.4 Å². The van der Waals surface area contributed by atoms with E-state index in [9.17, 15) is 0 Å². The van der Waals surface area contributed by atoms with Gasteiger partial charge in [0.05, 0.1) is 19.7 Å². The molecule has 6 heteroatoms. The maximum absolute atomic E-state index is 8.33. The number of hydrogen-bond donors (Lipinski definition) is 0. The molecule has 0 N–H and O–H groups in total. The Balaban J connectivity index is 2.55. The lowest BCUT2D eigenvalue weighted by Gasteiger charge is -2.10. The van der Waals surface area contributed by atoms with Crippen molar-refractivity contribution in [3.8, 4) is 11.5 Å². The molecule has 6 nitrogen and oxygen atoms in total. The van der Waals surface area contributed by atoms with Crippen molar-refractivity contribution >= 4 is 10.9 Å². The number of aromatic nitrogens is 1. The first kappa shape index (κ1) is 13.1. The minimum atomic E-state index is 0.448. The van der Waals surface area contributed by atoms with Gasteiger partial charge in [0.15, 0.2) is 11.5 Å². The molecule has 2 aromatic rings. The van der Waals surface area contributed by atoms with Crippen LogP contribution in [-0.4, -0.2) is 25.3 Å². The van der Waals surface area contributed by atoms with E-state index in [4.69, 9.17) is 15.0 Å². The molecule has 0 atom stereocenters. The zero-order valence-electron chi connectivity index (χ0n) is 11.3. The molecule has 1 aromatic carbocycles. The van der Waals surface area contributed by atoms with Gasteiger partial charge in [0.25, 0.3) is 0 Å². The van der Waals surface area contributed by atoms with Crippen LogP contribution < -0.4 is 9.47 Å². The standard InChI is InChI=1S/C13H16N4O2/c1-17-8-9(6-7-15-16-14)10-4-5-11(18-2)13(19-3)12(10)17/h4-5,8H,6-7H2,1-3H3. The molecule has 0 fully saturated rings. The Morgan fingerprint density at radius 2 is 2.11 bits per heavy atom. The average molecular weight is 260 g/mol. The van der Waals surface area contributed by atoms with E-state index in [1.165, 1.54) is 0 Å². The van der Waals surface area contributed by atoms with Gasteiger partial charge in [-0.15, -0.1) is 0 Å². The van der Waals surface area contributed by atoms with Crippen molar-refractivity contribution in [3.63, 3.8) is 0 Å². The van der Waals surface area contributed by atoms with Crippen molar-refractivity contribution < 1.29 is 9.47 Å². The number of ether oxygens (including phenoxy) is 2. The van der Waals surface area contributed by atoms with Crippen LogP contribution in [0, 0.1) is 0 Å². The third kappa shape index (κ3) is 2.30. The minimum absolute atomic E-state index is 0.448. The molecule has 0 radical (unpaired) electrons. The maximum Gasteiger partial charge on any atom is 0.185 e. The molecule has 19 heavy (non-hydrogen) atoms. The Morgan fingerprint density at radius 1 is 1.32 bits per heavy atom. The molecule has 1 aromatic heterocycles. The number of rotatable bonds is 5. The SMILES string of the molecule is COc1ccc2c(CCN=[N+]=[N-])cn(C)c2c1OC. The third-order valence-corrected chi connectivity index (χ3v) is 3.11. The summed E-state index contributed by atoms with van der Waals surface area (Å²) in [6.07, 6.45) is 2.73. The molecule has 0 bridgehead atoms. The fourth-order valence-corrected chi connectivity index (χ4v) is 2.30. The summed E-state index contributed by atoms with van der Waals surface area (Å²) in [6.45, 7) is 0.448. The summed E-state index contributed by atoms with van der Waals surface area (Å²) >= 11 is 0. The molecular weight excluding hydrogens is 244 g/mol. The highest BCUT2D eigenvalue weighted by atomic mass is 16.5. The van der Waals surface area contributed by atoms with Crippen LogP contribution in [0.5, 0.6) is 11.5 Å². The van der Waals surface area contributed by atoms with Crippen molar-refractivity contribution in [2.75, 3.05) is 20.8 Å². The van der Waals surface area contributed by atoms with Gasteiger partial charge in [0, 0.05) is 30.1 Å². The van der Waals surface area contributed by atoms with Gasteiger partial charge in [-0.3, -0.25) is 0 Å². The quantitative estimate of drug-likeness (QED) is 0.471. The lowest BCUT2D eigenvalue weighted by molar-refractivity contribution is 0.357. The second-order valence-electron chi connectivity index (χ2n) is 4.17. The van der Waals surface area contributed by atoms with Crippen LogP contribution in [0.4, 0.5) is 0 Å². The van der Waals surface area contributed by atoms with E-state index in [1.807, 2.05) is 29.9 Å². The Kier molecular flexibility index (Phi) is 3.82. The second-order valence-corrected chi connectivity index (χ2v) is 4.17. The molecule has 2 rings (SSSR count). The van der Waals surface area contributed by atoms with Gasteiger partial charge in [-0.05, 0) is 29.6 Å². The first-order valence-corrected chi connectivity index (χ1v) is 5.92. The van der Waals surface area contributed by atoms with Crippen LogP contribution in [0.3, 0.4) is 0 Å². The first-order valence-electron chi connectivity index (χ1n) is 5.92. The Bertz CT molecular complexity index is 642. The largest absolute Gasteiger partial charge is 0.493 e. The number of benzene rings is 1. The predicted molar refractivity (Wildman–Crippen MR) is 73.7 cm³/mol. The second kappa shape index (κ2) is 5.54. The number of nitrogens with zero attached hydrogens (tertiary/aromatic N) is 4. The van der Waals surface area contributed by atoms with E-state index in [1.54, 1.807) is 14.2 Å². The van der Waals surface area contributed by atoms with Crippen LogP contribution in [0.2, 0.25) is 0 Å². The number of aryl methyl sites for hydroxylation is 1. The molecule has 0 aliphatic carbocycles. The Hall–Kier alpha value is -2.33. The van der Waals surface area contributed by atoms with Crippen molar-refractivity contribution in [3.05, 3.63) is 34.3 Å². The molecule has 0 spiro atoms. The number of fused-ring (bicyclic) bond motifs is 1. The van der Waals surface area contributed by atoms with Crippen LogP contribution >= 0.6 is 0 Å². The topological polar surface area (TPSA) is 72.1 Å². The highest BCUT2D eigenvalue weighted by molar-refractivity contribution is 5.91. The van der Waals surface area contributed by atoms with Crippen LogP contribution in [0.1, 0.15) is 5.56 Å². The summed E-state index contributed by atoms with van der Waals surface area (Å²) in [5, 5.41) is 4.67. The summed E-state index contributed by atoms with van der Waals surface area (Å²) in [5.41, 5.74) is 10.4. The van der Waals surface area contributed by atoms with Gasteiger partial charge < -0.3 is 14.0 Å². The lowest BCUT2D eigenvalue weighted by Crippen LogP contribution is -1.94. The van der Waals surface area contributed by atoms with Gasteiger partial charge in [-0.25, -0.2) is 0 Å². The molecule has 0 amide bonds. The summed E-state index contributed by atoms with van der Waals surface area (Å²) < 4.78 is 12.7. The summed E-state index contributed by atoms with van der Waals surface area (Å²) in [5.74, 6) is 1.43. The van der Waals surface area contributed by atoms with Gasteiger partial charge in [-0.1, -0.05) is 5.11 Å². The molecule has 1 heterocycles. The van der Waals surface area contributed by atoms with Crippen molar-refractivity contribution in [1.82, 2.24) is 4.57 Å². The monoisotopic (exact) mass is 260 g/mol. The highest BCUT2D eigenvalue weighted by Gasteiger charge is 2.15. The molecule has 0 unspecified atom stereocenters. The zero-order chi connectivity index (χ0) is 13.8. The highest BCUT2D eigenvalue weighted by Crippen LogP contribution is 2.37. The Labute approximate surface area is 111 Å². The predicted octanol–water partition coefficient (Wildman–Crippen LogP) is 3.05. The molecule has 100 valence electrons. The normalized spacial score (nSPS) is 10.3. The molecule has 0 aliphatic rings. The molecule has 0 aliphatic heterocycles. The van der Waals surface area contributed by atoms with Crippen molar-refractivity contribution in [1.29, 1.82) is 0 Å².